The van der Waals surface area contributed by atoms with Gasteiger partial charge < -0.3 is 9.47 Å². The molecule has 0 radical (unpaired) electrons. The predicted molar refractivity (Wildman–Crippen MR) is 97.0 cm³/mol. The molecule has 0 saturated carbocycles. The standard InChI is InChI=1S/C19H15N3O3S/c1-13-17(26-18(22-13)16-4-2-3-9-21-16)19(23)25-11-10-24-15-7-5-14(12-20)6-8-15/h2-9H,10-11H2,1H3. The Morgan fingerprint density at radius 3 is 2.69 bits per heavy atom. The van der Waals surface area contributed by atoms with Gasteiger partial charge in [-0.3, -0.25) is 4.98 Å². The highest BCUT2D eigenvalue weighted by Gasteiger charge is 2.18. The van der Waals surface area contributed by atoms with Gasteiger partial charge in [0.05, 0.1) is 23.0 Å². The summed E-state index contributed by atoms with van der Waals surface area (Å²) >= 11 is 1.26. The van der Waals surface area contributed by atoms with Crippen molar-refractivity contribution in [2.45, 2.75) is 6.92 Å². The fraction of sp³-hybridized carbons (Fsp3) is 0.158. The van der Waals surface area contributed by atoms with Crippen LogP contribution in [0.15, 0.2) is 48.7 Å². The van der Waals surface area contributed by atoms with Gasteiger partial charge >= 0.3 is 5.97 Å². The number of hydrogen-bond donors (Lipinski definition) is 0. The van der Waals surface area contributed by atoms with Crippen LogP contribution in [-0.2, 0) is 4.74 Å². The summed E-state index contributed by atoms with van der Waals surface area (Å²) in [6, 6.07) is 14.3. The molecule has 26 heavy (non-hydrogen) atoms. The molecular weight excluding hydrogens is 350 g/mol. The molecule has 0 aliphatic rings. The number of hydrogen-bond acceptors (Lipinski definition) is 7. The Morgan fingerprint density at radius 1 is 1.19 bits per heavy atom. The number of carbonyl (C=O) groups excluding carboxylic acids is 1. The Hall–Kier alpha value is -3.24. The van der Waals surface area contributed by atoms with Gasteiger partial charge in [0.15, 0.2) is 0 Å². The van der Waals surface area contributed by atoms with E-state index in [9.17, 15) is 4.79 Å². The van der Waals surface area contributed by atoms with E-state index >= 15 is 0 Å². The summed E-state index contributed by atoms with van der Waals surface area (Å²) in [5.41, 5.74) is 1.91. The van der Waals surface area contributed by atoms with Crippen molar-refractivity contribution in [1.82, 2.24) is 9.97 Å². The second-order valence-corrected chi connectivity index (χ2v) is 6.27. The van der Waals surface area contributed by atoms with Crippen LogP contribution in [0.5, 0.6) is 5.75 Å². The maximum absolute atomic E-state index is 12.2. The second-order valence-electron chi connectivity index (χ2n) is 5.27. The van der Waals surface area contributed by atoms with Crippen LogP contribution in [-0.4, -0.2) is 29.2 Å². The molecule has 3 aromatic rings. The highest BCUT2D eigenvalue weighted by molar-refractivity contribution is 7.17. The molecule has 6 nitrogen and oxygen atoms in total. The maximum atomic E-state index is 12.2. The summed E-state index contributed by atoms with van der Waals surface area (Å²) in [6.07, 6.45) is 1.69. The number of esters is 1. The minimum absolute atomic E-state index is 0.120. The average molecular weight is 365 g/mol. The van der Waals surface area contributed by atoms with Crippen molar-refractivity contribution < 1.29 is 14.3 Å². The quantitative estimate of drug-likeness (QED) is 0.490. The molecule has 7 heteroatoms. The number of ether oxygens (including phenoxy) is 2. The molecule has 0 aliphatic heterocycles. The first-order chi connectivity index (χ1) is 12.7. The van der Waals surface area contributed by atoms with E-state index in [4.69, 9.17) is 14.7 Å². The number of nitriles is 1. The molecule has 2 aromatic heterocycles. The van der Waals surface area contributed by atoms with Crippen LogP contribution in [0.3, 0.4) is 0 Å². The van der Waals surface area contributed by atoms with Crippen molar-refractivity contribution in [3.63, 3.8) is 0 Å². The Morgan fingerprint density at radius 2 is 2.00 bits per heavy atom. The second kappa shape index (κ2) is 8.23. The number of thiazole rings is 1. The molecule has 0 N–H and O–H groups in total. The topological polar surface area (TPSA) is 85.1 Å². The van der Waals surface area contributed by atoms with Crippen molar-refractivity contribution in [3.05, 3.63) is 64.8 Å². The molecule has 0 saturated heterocycles. The van der Waals surface area contributed by atoms with Crippen LogP contribution in [0.1, 0.15) is 20.9 Å². The van der Waals surface area contributed by atoms with E-state index in [-0.39, 0.29) is 13.2 Å². The molecule has 130 valence electrons. The van der Waals surface area contributed by atoms with E-state index < -0.39 is 5.97 Å². The van der Waals surface area contributed by atoms with Gasteiger partial charge in [-0.25, -0.2) is 9.78 Å². The van der Waals surface area contributed by atoms with Crippen LogP contribution in [0.25, 0.3) is 10.7 Å². The first kappa shape index (κ1) is 17.6. The summed E-state index contributed by atoms with van der Waals surface area (Å²) in [5, 5.41) is 9.44. The van der Waals surface area contributed by atoms with Crippen molar-refractivity contribution >= 4 is 17.3 Å². The van der Waals surface area contributed by atoms with Crippen molar-refractivity contribution in [2.75, 3.05) is 13.2 Å². The van der Waals surface area contributed by atoms with Gasteiger partial charge in [-0.2, -0.15) is 5.26 Å². The van der Waals surface area contributed by atoms with E-state index in [1.807, 2.05) is 24.3 Å². The summed E-state index contributed by atoms with van der Waals surface area (Å²) in [6.45, 7) is 2.12. The van der Waals surface area contributed by atoms with Crippen LogP contribution in [0, 0.1) is 18.3 Å². The number of benzene rings is 1. The molecular formula is C19H15N3O3S. The van der Waals surface area contributed by atoms with E-state index in [0.29, 0.717) is 26.9 Å². The molecule has 0 spiro atoms. The van der Waals surface area contributed by atoms with Crippen molar-refractivity contribution in [2.24, 2.45) is 0 Å². The molecule has 3 rings (SSSR count). The van der Waals surface area contributed by atoms with Gasteiger partial charge in [0.25, 0.3) is 0 Å². The third-order valence-corrected chi connectivity index (χ3v) is 4.59. The third kappa shape index (κ3) is 4.23. The van der Waals surface area contributed by atoms with Gasteiger partial charge in [0.1, 0.15) is 28.8 Å². The predicted octanol–water partition coefficient (Wildman–Crippen LogP) is 3.62. The molecule has 0 fully saturated rings. The Kier molecular flexibility index (Phi) is 5.56. The zero-order chi connectivity index (χ0) is 18.4. The van der Waals surface area contributed by atoms with Crippen LogP contribution < -0.4 is 4.74 Å². The Bertz CT molecular complexity index is 931. The van der Waals surface area contributed by atoms with Crippen molar-refractivity contribution in [3.8, 4) is 22.5 Å². The first-order valence-corrected chi connectivity index (χ1v) is 8.68. The molecule has 0 atom stereocenters. The normalized spacial score (nSPS) is 10.2. The molecule has 0 bridgehead atoms. The highest BCUT2D eigenvalue weighted by Crippen LogP contribution is 2.26. The number of aryl methyl sites for hydroxylation is 1. The summed E-state index contributed by atoms with van der Waals surface area (Å²) in [5.74, 6) is 0.192. The van der Waals surface area contributed by atoms with Crippen LogP contribution in [0.2, 0.25) is 0 Å². The number of rotatable bonds is 6. The van der Waals surface area contributed by atoms with Gasteiger partial charge in [0.2, 0.25) is 0 Å². The Balaban J connectivity index is 1.53. The zero-order valence-corrected chi connectivity index (χ0v) is 14.8. The Labute approximate surface area is 154 Å². The highest BCUT2D eigenvalue weighted by atomic mass is 32.1. The minimum atomic E-state index is -0.425. The monoisotopic (exact) mass is 365 g/mol. The largest absolute Gasteiger partial charge is 0.490 e. The molecule has 0 aliphatic carbocycles. The molecule has 0 unspecified atom stereocenters. The SMILES string of the molecule is Cc1nc(-c2ccccn2)sc1C(=O)OCCOc1ccc(C#N)cc1. The molecule has 0 amide bonds. The smallest absolute Gasteiger partial charge is 0.350 e. The van der Waals surface area contributed by atoms with Crippen LogP contribution in [0.4, 0.5) is 0 Å². The van der Waals surface area contributed by atoms with Gasteiger partial charge in [0, 0.05) is 6.20 Å². The fourth-order valence-corrected chi connectivity index (χ4v) is 3.11. The van der Waals surface area contributed by atoms with Gasteiger partial charge in [-0.15, -0.1) is 11.3 Å². The summed E-state index contributed by atoms with van der Waals surface area (Å²) in [7, 11) is 0. The first-order valence-electron chi connectivity index (χ1n) is 7.86. The third-order valence-electron chi connectivity index (χ3n) is 3.43. The number of aromatic nitrogens is 2. The van der Waals surface area contributed by atoms with E-state index in [1.54, 1.807) is 37.4 Å². The average Bonchev–Trinajstić information content (AvgIpc) is 3.08. The molecule has 1 aromatic carbocycles. The van der Waals surface area contributed by atoms with E-state index in [2.05, 4.69) is 9.97 Å². The minimum Gasteiger partial charge on any atom is -0.490 e. The summed E-state index contributed by atoms with van der Waals surface area (Å²) in [4.78, 5) is 21.3. The lowest BCUT2D eigenvalue weighted by atomic mass is 10.2. The maximum Gasteiger partial charge on any atom is 0.350 e. The van der Waals surface area contributed by atoms with Gasteiger partial charge in [-0.05, 0) is 43.3 Å². The van der Waals surface area contributed by atoms with E-state index in [1.165, 1.54) is 11.3 Å². The lowest BCUT2D eigenvalue weighted by Gasteiger charge is -2.06. The van der Waals surface area contributed by atoms with Crippen LogP contribution >= 0.6 is 11.3 Å². The zero-order valence-electron chi connectivity index (χ0n) is 14.0. The lowest BCUT2D eigenvalue weighted by Crippen LogP contribution is -2.12. The van der Waals surface area contributed by atoms with E-state index in [0.717, 1.165) is 5.69 Å². The fourth-order valence-electron chi connectivity index (χ4n) is 2.17. The lowest BCUT2D eigenvalue weighted by molar-refractivity contribution is 0.0455. The number of pyridine rings is 1. The van der Waals surface area contributed by atoms with Gasteiger partial charge in [-0.1, -0.05) is 6.07 Å². The number of carbonyl (C=O) groups is 1. The van der Waals surface area contributed by atoms with Crippen molar-refractivity contribution in [1.29, 1.82) is 5.26 Å². The summed E-state index contributed by atoms with van der Waals surface area (Å²) < 4.78 is 10.7. The number of nitrogens with zero attached hydrogens (tertiary/aromatic N) is 3. The molecule has 2 heterocycles.